The van der Waals surface area contributed by atoms with E-state index in [9.17, 15) is 0 Å². The molecule has 4 aliphatic carbocycles. The maximum atomic E-state index is 3.90. The van der Waals surface area contributed by atoms with Crippen molar-refractivity contribution < 1.29 is 0 Å². The van der Waals surface area contributed by atoms with Crippen molar-refractivity contribution >= 4 is 37.9 Å². The highest BCUT2D eigenvalue weighted by Crippen LogP contribution is 2.51. The Labute approximate surface area is 179 Å². The van der Waals surface area contributed by atoms with Crippen molar-refractivity contribution in [2.45, 2.75) is 51.9 Å². The smallest absolute Gasteiger partial charge is 0.0250 e. The quantitative estimate of drug-likeness (QED) is 0.396. The molecule has 0 N–H and O–H groups in total. The van der Waals surface area contributed by atoms with E-state index in [1.807, 2.05) is 0 Å². The van der Waals surface area contributed by atoms with Crippen LogP contribution in [0.25, 0.3) is 6.08 Å². The Morgan fingerprint density at radius 3 is 2.70 bits per heavy atom. The van der Waals surface area contributed by atoms with Gasteiger partial charge in [-0.05, 0) is 85.9 Å². The van der Waals surface area contributed by atoms with E-state index in [1.165, 1.54) is 56.9 Å². The van der Waals surface area contributed by atoms with E-state index in [0.29, 0.717) is 11.8 Å². The maximum Gasteiger partial charge on any atom is 0.0250 e. The second-order valence-electron chi connectivity index (χ2n) is 8.35. The average Bonchev–Trinajstić information content (AvgIpc) is 3.15. The van der Waals surface area contributed by atoms with Crippen LogP contribution in [0.4, 0.5) is 0 Å². The molecule has 1 aromatic rings. The van der Waals surface area contributed by atoms with Gasteiger partial charge >= 0.3 is 0 Å². The first-order valence-corrected chi connectivity index (χ1v) is 11.6. The van der Waals surface area contributed by atoms with Crippen LogP contribution in [0, 0.1) is 5.92 Å². The lowest BCUT2D eigenvalue weighted by atomic mass is 9.77. The first-order chi connectivity index (χ1) is 13.0. The van der Waals surface area contributed by atoms with Gasteiger partial charge in [0.2, 0.25) is 0 Å². The van der Waals surface area contributed by atoms with Gasteiger partial charge in [0.15, 0.2) is 0 Å². The minimum absolute atomic E-state index is 0.496. The number of hydrogen-bond acceptors (Lipinski definition) is 0. The van der Waals surface area contributed by atoms with Crippen molar-refractivity contribution in [3.8, 4) is 0 Å². The van der Waals surface area contributed by atoms with Crippen LogP contribution in [0.15, 0.2) is 72.7 Å². The van der Waals surface area contributed by atoms with E-state index in [0.717, 1.165) is 6.42 Å². The molecule has 2 heteroatoms. The number of fused-ring (bicyclic) bond motifs is 3. The van der Waals surface area contributed by atoms with Crippen LogP contribution in [-0.2, 0) is 0 Å². The van der Waals surface area contributed by atoms with Gasteiger partial charge in [-0.2, -0.15) is 0 Å². The molecular formula is C25H24Br2. The fraction of sp³-hybridized carbons (Fsp3) is 0.360. The van der Waals surface area contributed by atoms with E-state index in [1.54, 1.807) is 22.3 Å². The summed E-state index contributed by atoms with van der Waals surface area (Å²) >= 11 is 7.64. The van der Waals surface area contributed by atoms with Gasteiger partial charge < -0.3 is 0 Å². The standard InChI is InChI=1S/C25H24Br2/c1-14-10-21-16-6-3-4-7-18(16)25(27)13-22(21)20(14)12-19-15(2)11-23-17(19)8-5-9-24(23)26/h5,8-11,13,19,21H,3-4,6-7,12H2,1-2H3. The van der Waals surface area contributed by atoms with E-state index in [4.69, 9.17) is 0 Å². The fourth-order valence-corrected chi connectivity index (χ4v) is 6.62. The van der Waals surface area contributed by atoms with Crippen molar-refractivity contribution in [3.05, 3.63) is 83.9 Å². The SMILES string of the molecule is CC1=CC2C(=C1CC1C(C)=Cc3c(Br)cccc31)C=C(Br)C1=C2CCCC1. The minimum Gasteiger partial charge on any atom is -0.0697 e. The summed E-state index contributed by atoms with van der Waals surface area (Å²) in [4.78, 5) is 0. The molecule has 5 rings (SSSR count). The molecule has 0 amide bonds. The summed E-state index contributed by atoms with van der Waals surface area (Å²) in [5, 5.41) is 0. The van der Waals surface area contributed by atoms with Crippen LogP contribution in [0.2, 0.25) is 0 Å². The second-order valence-corrected chi connectivity index (χ2v) is 10.1. The number of hydrogen-bond donors (Lipinski definition) is 0. The molecule has 27 heavy (non-hydrogen) atoms. The molecule has 0 nitrogen and oxygen atoms in total. The molecule has 0 aromatic heterocycles. The highest BCUT2D eigenvalue weighted by atomic mass is 79.9. The normalized spacial score (nSPS) is 26.4. The Hall–Kier alpha value is -1.12. The molecule has 138 valence electrons. The maximum absolute atomic E-state index is 3.90. The molecule has 2 unspecified atom stereocenters. The minimum atomic E-state index is 0.496. The van der Waals surface area contributed by atoms with Crippen molar-refractivity contribution in [1.82, 2.24) is 0 Å². The van der Waals surface area contributed by atoms with Crippen molar-refractivity contribution in [3.63, 3.8) is 0 Å². The van der Waals surface area contributed by atoms with Gasteiger partial charge in [0.1, 0.15) is 0 Å². The third-order valence-corrected chi connectivity index (χ3v) is 8.22. The molecule has 1 aromatic carbocycles. The summed E-state index contributed by atoms with van der Waals surface area (Å²) in [6.45, 7) is 4.61. The number of allylic oxidation sites excluding steroid dienone is 9. The number of benzene rings is 1. The largest absolute Gasteiger partial charge is 0.0697 e. The molecule has 4 aliphatic rings. The first-order valence-electron chi connectivity index (χ1n) is 10.0. The van der Waals surface area contributed by atoms with Gasteiger partial charge in [0, 0.05) is 20.8 Å². The summed E-state index contributed by atoms with van der Waals surface area (Å²) in [7, 11) is 0. The van der Waals surface area contributed by atoms with Gasteiger partial charge in [0.05, 0.1) is 0 Å². The van der Waals surface area contributed by atoms with Gasteiger partial charge in [-0.15, -0.1) is 0 Å². The summed E-state index contributed by atoms with van der Waals surface area (Å²) in [6, 6.07) is 6.64. The van der Waals surface area contributed by atoms with Gasteiger partial charge in [-0.25, -0.2) is 0 Å². The van der Waals surface area contributed by atoms with Crippen LogP contribution < -0.4 is 0 Å². The zero-order valence-electron chi connectivity index (χ0n) is 15.9. The third-order valence-electron chi connectivity index (χ3n) is 6.82. The third kappa shape index (κ3) is 2.83. The summed E-state index contributed by atoms with van der Waals surface area (Å²) in [5.74, 6) is 1.03. The fourth-order valence-electron chi connectivity index (χ4n) is 5.43. The zero-order chi connectivity index (χ0) is 18.7. The Kier molecular flexibility index (Phi) is 4.48. The zero-order valence-corrected chi connectivity index (χ0v) is 19.1. The van der Waals surface area contributed by atoms with Crippen LogP contribution >= 0.6 is 31.9 Å². The Balaban J connectivity index is 1.55. The average molecular weight is 484 g/mol. The van der Waals surface area contributed by atoms with Crippen molar-refractivity contribution in [1.29, 1.82) is 0 Å². The Bertz CT molecular complexity index is 997. The van der Waals surface area contributed by atoms with E-state index >= 15 is 0 Å². The van der Waals surface area contributed by atoms with Crippen LogP contribution in [0.1, 0.15) is 63.0 Å². The highest BCUT2D eigenvalue weighted by Gasteiger charge is 2.34. The van der Waals surface area contributed by atoms with Gasteiger partial charge in [0.25, 0.3) is 0 Å². The molecule has 0 fully saturated rings. The monoisotopic (exact) mass is 482 g/mol. The molecule has 0 aliphatic heterocycles. The van der Waals surface area contributed by atoms with Crippen LogP contribution in [-0.4, -0.2) is 0 Å². The topological polar surface area (TPSA) is 0 Å². The van der Waals surface area contributed by atoms with E-state index in [2.05, 4.69) is 82.1 Å². The van der Waals surface area contributed by atoms with Crippen LogP contribution in [0.3, 0.4) is 0 Å². The lowest BCUT2D eigenvalue weighted by molar-refractivity contribution is 0.635. The Morgan fingerprint density at radius 1 is 1.04 bits per heavy atom. The number of halogens is 2. The van der Waals surface area contributed by atoms with Gasteiger partial charge in [-0.3, -0.25) is 0 Å². The summed E-state index contributed by atoms with van der Waals surface area (Å²) in [5.41, 5.74) is 12.2. The molecule has 0 bridgehead atoms. The van der Waals surface area contributed by atoms with E-state index in [-0.39, 0.29) is 0 Å². The molecule has 2 atom stereocenters. The predicted octanol–water partition coefficient (Wildman–Crippen LogP) is 8.38. The second kappa shape index (κ2) is 6.74. The molecule has 0 spiro atoms. The lowest BCUT2D eigenvalue weighted by Gasteiger charge is -2.30. The Morgan fingerprint density at radius 2 is 1.85 bits per heavy atom. The predicted molar refractivity (Wildman–Crippen MR) is 122 cm³/mol. The van der Waals surface area contributed by atoms with Crippen molar-refractivity contribution in [2.75, 3.05) is 0 Å². The molecule has 0 saturated carbocycles. The van der Waals surface area contributed by atoms with Gasteiger partial charge in [-0.1, -0.05) is 72.9 Å². The lowest BCUT2D eigenvalue weighted by Crippen LogP contribution is -2.14. The molecular weight excluding hydrogens is 460 g/mol. The van der Waals surface area contributed by atoms with Crippen LogP contribution in [0.5, 0.6) is 0 Å². The molecule has 0 radical (unpaired) electrons. The molecule has 0 saturated heterocycles. The first kappa shape index (κ1) is 17.9. The summed E-state index contributed by atoms with van der Waals surface area (Å²) in [6.07, 6.45) is 13.6. The van der Waals surface area contributed by atoms with Crippen molar-refractivity contribution in [2.24, 2.45) is 5.92 Å². The highest BCUT2D eigenvalue weighted by molar-refractivity contribution is 9.12. The molecule has 0 heterocycles. The number of rotatable bonds is 2. The van der Waals surface area contributed by atoms with E-state index < -0.39 is 0 Å². The summed E-state index contributed by atoms with van der Waals surface area (Å²) < 4.78 is 2.55.